The zero-order valence-corrected chi connectivity index (χ0v) is 26.1. The fraction of sp³-hybridized carbons (Fsp3) is 0.188. The summed E-state index contributed by atoms with van der Waals surface area (Å²) in [4.78, 5) is 29.3. The lowest BCUT2D eigenvalue weighted by molar-refractivity contribution is -0.140. The molecular weight excluding hydrogens is 638 g/mol. The Balaban J connectivity index is 1.78. The lowest BCUT2D eigenvalue weighted by atomic mass is 10.0. The van der Waals surface area contributed by atoms with Crippen LogP contribution in [0.1, 0.15) is 18.1 Å². The number of sulfonamides is 1. The molecule has 0 heterocycles. The number of nitrogens with one attached hydrogen (secondary N) is 1. The summed E-state index contributed by atoms with van der Waals surface area (Å²) in [5.74, 6) is -0.873. The maximum Gasteiger partial charge on any atom is 0.264 e. The molecule has 0 saturated heterocycles. The number of amides is 2. The van der Waals surface area contributed by atoms with Crippen molar-refractivity contribution in [1.82, 2.24) is 10.2 Å². The van der Waals surface area contributed by atoms with Gasteiger partial charge in [-0.1, -0.05) is 88.2 Å². The van der Waals surface area contributed by atoms with Gasteiger partial charge in [-0.2, -0.15) is 0 Å². The third-order valence-corrected chi connectivity index (χ3v) is 9.14. The fourth-order valence-electron chi connectivity index (χ4n) is 4.53. The van der Waals surface area contributed by atoms with Crippen molar-refractivity contribution in [3.63, 3.8) is 0 Å². The van der Waals surface area contributed by atoms with Crippen LogP contribution in [0.3, 0.4) is 0 Å². The van der Waals surface area contributed by atoms with Crippen LogP contribution in [-0.4, -0.2) is 44.3 Å². The second kappa shape index (κ2) is 14.5. The molecule has 4 rings (SSSR count). The van der Waals surface area contributed by atoms with Gasteiger partial charge in [-0.15, -0.1) is 0 Å². The second-order valence-corrected chi connectivity index (χ2v) is 12.8. The summed E-state index contributed by atoms with van der Waals surface area (Å²) in [6, 6.07) is 30.2. The van der Waals surface area contributed by atoms with Gasteiger partial charge in [-0.05, 0) is 66.6 Å². The lowest BCUT2D eigenvalue weighted by Gasteiger charge is -2.34. The van der Waals surface area contributed by atoms with Gasteiger partial charge in [-0.25, -0.2) is 8.42 Å². The number of halogens is 2. The van der Waals surface area contributed by atoms with Crippen LogP contribution >= 0.6 is 27.5 Å². The number of nitrogens with zero attached hydrogens (tertiary/aromatic N) is 2. The molecule has 0 fully saturated rings. The van der Waals surface area contributed by atoms with E-state index in [1.54, 1.807) is 60.7 Å². The van der Waals surface area contributed by atoms with Crippen LogP contribution in [0.25, 0.3) is 0 Å². The monoisotopic (exact) mass is 667 g/mol. The molecule has 42 heavy (non-hydrogen) atoms. The van der Waals surface area contributed by atoms with Gasteiger partial charge in [0.25, 0.3) is 10.0 Å². The minimum absolute atomic E-state index is 0.0478. The fourth-order valence-corrected chi connectivity index (χ4v) is 6.45. The number of carbonyl (C=O) groups is 2. The van der Waals surface area contributed by atoms with Crippen molar-refractivity contribution in [3.05, 3.63) is 130 Å². The molecule has 0 aliphatic heterocycles. The highest BCUT2D eigenvalue weighted by Crippen LogP contribution is 2.26. The highest BCUT2D eigenvalue weighted by Gasteiger charge is 2.34. The number of benzene rings is 4. The Kier molecular flexibility index (Phi) is 10.8. The van der Waals surface area contributed by atoms with Crippen LogP contribution in [0.15, 0.2) is 119 Å². The lowest BCUT2D eigenvalue weighted by Crippen LogP contribution is -2.53. The molecule has 0 radical (unpaired) electrons. The number of rotatable bonds is 12. The van der Waals surface area contributed by atoms with E-state index >= 15 is 0 Å². The summed E-state index contributed by atoms with van der Waals surface area (Å²) in [5.41, 5.74) is 1.88. The summed E-state index contributed by atoms with van der Waals surface area (Å²) in [5, 5.41) is 3.34. The molecule has 4 aromatic carbocycles. The van der Waals surface area contributed by atoms with Crippen LogP contribution in [0, 0.1) is 0 Å². The van der Waals surface area contributed by atoms with Crippen molar-refractivity contribution in [1.29, 1.82) is 0 Å². The van der Waals surface area contributed by atoms with E-state index in [0.717, 1.165) is 14.3 Å². The molecule has 7 nitrogen and oxygen atoms in total. The van der Waals surface area contributed by atoms with E-state index in [-0.39, 0.29) is 23.8 Å². The van der Waals surface area contributed by atoms with Gasteiger partial charge in [-0.3, -0.25) is 13.9 Å². The van der Waals surface area contributed by atoms with Crippen molar-refractivity contribution in [3.8, 4) is 0 Å². The zero-order chi connectivity index (χ0) is 30.1. The highest BCUT2D eigenvalue weighted by atomic mass is 79.9. The Morgan fingerprint density at radius 2 is 1.48 bits per heavy atom. The minimum Gasteiger partial charge on any atom is -0.355 e. The first kappa shape index (κ1) is 31.3. The first-order valence-electron chi connectivity index (χ1n) is 13.4. The van der Waals surface area contributed by atoms with E-state index in [4.69, 9.17) is 11.6 Å². The first-order chi connectivity index (χ1) is 20.2. The summed E-state index contributed by atoms with van der Waals surface area (Å²) >= 11 is 9.65. The Morgan fingerprint density at radius 1 is 0.857 bits per heavy atom. The van der Waals surface area contributed by atoms with Crippen molar-refractivity contribution >= 4 is 55.1 Å². The van der Waals surface area contributed by atoms with Crippen LogP contribution in [0.2, 0.25) is 5.02 Å². The smallest absolute Gasteiger partial charge is 0.264 e. The molecule has 0 aliphatic rings. The number of carbonyl (C=O) groups excluding carboxylic acids is 2. The van der Waals surface area contributed by atoms with E-state index in [0.29, 0.717) is 22.8 Å². The third kappa shape index (κ3) is 8.00. The van der Waals surface area contributed by atoms with Gasteiger partial charge < -0.3 is 10.2 Å². The van der Waals surface area contributed by atoms with E-state index in [2.05, 4.69) is 21.2 Å². The Bertz CT molecular complexity index is 1600. The topological polar surface area (TPSA) is 86.8 Å². The molecule has 1 N–H and O–H groups in total. The predicted molar refractivity (Wildman–Crippen MR) is 170 cm³/mol. The molecule has 218 valence electrons. The number of hydrogen-bond acceptors (Lipinski definition) is 4. The summed E-state index contributed by atoms with van der Waals surface area (Å²) in [6.45, 7) is 1.71. The standard InChI is InChI=1S/C32H31BrClN3O4S/c1-2-35-32(39)30(21-24-10-5-3-6-11-24)36(22-25-12-9-13-27(34)20-25)31(38)23-37(28-18-16-26(33)17-19-28)42(40,41)29-14-7-4-8-15-29/h3-20,30H,2,21-23H2,1H3,(H,35,39). The van der Waals surface area contributed by atoms with Crippen LogP contribution in [0.5, 0.6) is 0 Å². The van der Waals surface area contributed by atoms with E-state index in [9.17, 15) is 18.0 Å². The molecule has 0 aromatic heterocycles. The molecule has 0 bridgehead atoms. The molecule has 0 spiro atoms. The average molecular weight is 669 g/mol. The average Bonchev–Trinajstić information content (AvgIpc) is 2.99. The summed E-state index contributed by atoms with van der Waals surface area (Å²) in [6.07, 6.45) is 0.239. The van der Waals surface area contributed by atoms with Crippen LogP contribution in [0.4, 0.5) is 5.69 Å². The normalized spacial score (nSPS) is 11.9. The molecule has 1 atom stereocenters. The van der Waals surface area contributed by atoms with Crippen molar-refractivity contribution in [2.24, 2.45) is 0 Å². The maximum absolute atomic E-state index is 14.3. The Hall–Kier alpha value is -3.66. The maximum atomic E-state index is 14.3. The minimum atomic E-state index is -4.14. The van der Waals surface area contributed by atoms with Gasteiger partial charge in [0.1, 0.15) is 12.6 Å². The van der Waals surface area contributed by atoms with Gasteiger partial charge in [0, 0.05) is 29.0 Å². The first-order valence-corrected chi connectivity index (χ1v) is 16.0. The van der Waals surface area contributed by atoms with Crippen molar-refractivity contribution in [2.75, 3.05) is 17.4 Å². The molecule has 2 amide bonds. The summed E-state index contributed by atoms with van der Waals surface area (Å²) < 4.78 is 29.7. The third-order valence-electron chi connectivity index (χ3n) is 6.59. The SMILES string of the molecule is CCNC(=O)C(Cc1ccccc1)N(Cc1cccc(Cl)c1)C(=O)CN(c1ccc(Br)cc1)S(=O)(=O)c1ccccc1. The largest absolute Gasteiger partial charge is 0.355 e. The van der Waals surface area contributed by atoms with Crippen molar-refractivity contribution < 1.29 is 18.0 Å². The van der Waals surface area contributed by atoms with E-state index < -0.39 is 28.5 Å². The molecule has 0 aliphatic carbocycles. The predicted octanol–water partition coefficient (Wildman–Crippen LogP) is 6.07. The number of likely N-dealkylation sites (N-methyl/N-ethyl adjacent to an activating group) is 1. The number of hydrogen-bond donors (Lipinski definition) is 1. The van der Waals surface area contributed by atoms with Crippen LogP contribution < -0.4 is 9.62 Å². The van der Waals surface area contributed by atoms with Crippen LogP contribution in [-0.2, 0) is 32.6 Å². The molecular formula is C32H31BrClN3O4S. The summed E-state index contributed by atoms with van der Waals surface area (Å²) in [7, 11) is -4.14. The molecule has 4 aromatic rings. The van der Waals surface area contributed by atoms with Gasteiger partial charge in [0.05, 0.1) is 10.6 Å². The number of anilines is 1. The molecule has 0 saturated carbocycles. The van der Waals surface area contributed by atoms with E-state index in [1.807, 2.05) is 43.3 Å². The highest BCUT2D eigenvalue weighted by molar-refractivity contribution is 9.10. The van der Waals surface area contributed by atoms with Gasteiger partial charge in [0.15, 0.2) is 0 Å². The second-order valence-electron chi connectivity index (χ2n) is 9.55. The molecule has 10 heteroatoms. The van der Waals surface area contributed by atoms with Gasteiger partial charge >= 0.3 is 0 Å². The quantitative estimate of drug-likeness (QED) is 0.199. The van der Waals surface area contributed by atoms with E-state index in [1.165, 1.54) is 17.0 Å². The zero-order valence-electron chi connectivity index (χ0n) is 23.0. The Morgan fingerprint density at radius 3 is 2.10 bits per heavy atom. The molecule has 1 unspecified atom stereocenters. The van der Waals surface area contributed by atoms with Crippen molar-refractivity contribution in [2.45, 2.75) is 30.8 Å². The van der Waals surface area contributed by atoms with Gasteiger partial charge in [0.2, 0.25) is 11.8 Å². The Labute approximate surface area is 260 Å².